The lowest BCUT2D eigenvalue weighted by atomic mass is 10.2. The van der Waals surface area contributed by atoms with Crippen molar-refractivity contribution in [3.63, 3.8) is 0 Å². The number of carbonyl (C=O) groups is 2. The van der Waals surface area contributed by atoms with E-state index in [-0.39, 0.29) is 26.0 Å². The zero-order chi connectivity index (χ0) is 17.2. The fraction of sp³-hybridized carbons (Fsp3) is 0.143. The number of halogens is 1. The second kappa shape index (κ2) is 6.69. The van der Waals surface area contributed by atoms with Crippen molar-refractivity contribution in [2.45, 2.75) is 4.90 Å². The summed E-state index contributed by atoms with van der Waals surface area (Å²) in [5, 5.41) is 3.94. The zero-order valence-electron chi connectivity index (χ0n) is 12.1. The third-order valence-electron chi connectivity index (χ3n) is 2.88. The van der Waals surface area contributed by atoms with Gasteiger partial charge in [-0.2, -0.15) is 0 Å². The number of anilines is 1. The summed E-state index contributed by atoms with van der Waals surface area (Å²) in [6.07, 6.45) is 0.987. The number of benzene rings is 1. The van der Waals surface area contributed by atoms with Gasteiger partial charge in [0.15, 0.2) is 9.84 Å². The van der Waals surface area contributed by atoms with E-state index in [0.29, 0.717) is 0 Å². The molecule has 1 aromatic carbocycles. The fourth-order valence-corrected chi connectivity index (χ4v) is 4.26. The molecule has 2 aromatic rings. The molecule has 0 aliphatic rings. The van der Waals surface area contributed by atoms with Gasteiger partial charge in [0.05, 0.1) is 23.4 Å². The van der Waals surface area contributed by atoms with Crippen LogP contribution in [0, 0.1) is 0 Å². The molecule has 0 aliphatic carbocycles. The van der Waals surface area contributed by atoms with Crippen LogP contribution in [0.2, 0.25) is 5.02 Å². The second-order valence-corrected chi connectivity index (χ2v) is 7.77. The monoisotopic (exact) mass is 373 g/mol. The molecule has 2 rings (SSSR count). The van der Waals surface area contributed by atoms with E-state index in [2.05, 4.69) is 10.1 Å². The molecular weight excluding hydrogens is 362 g/mol. The highest BCUT2D eigenvalue weighted by atomic mass is 35.5. The number of hydrogen-bond donors (Lipinski definition) is 1. The van der Waals surface area contributed by atoms with Crippen molar-refractivity contribution in [3.05, 3.63) is 45.1 Å². The van der Waals surface area contributed by atoms with E-state index in [1.807, 2.05) is 0 Å². The number of ether oxygens (including phenoxy) is 1. The fourth-order valence-electron chi connectivity index (χ4n) is 1.80. The van der Waals surface area contributed by atoms with Crippen molar-refractivity contribution >= 4 is 50.3 Å². The Morgan fingerprint density at radius 3 is 2.48 bits per heavy atom. The molecule has 0 spiro atoms. The summed E-state index contributed by atoms with van der Waals surface area (Å²) in [7, 11) is -2.47. The highest BCUT2D eigenvalue weighted by Crippen LogP contribution is 2.33. The Hall–Kier alpha value is -1.90. The average Bonchev–Trinajstić information content (AvgIpc) is 2.90. The average molecular weight is 374 g/mol. The van der Waals surface area contributed by atoms with Crippen LogP contribution in [-0.2, 0) is 14.6 Å². The van der Waals surface area contributed by atoms with E-state index < -0.39 is 21.7 Å². The number of rotatable bonds is 4. The highest BCUT2D eigenvalue weighted by molar-refractivity contribution is 7.91. The molecule has 0 saturated heterocycles. The maximum Gasteiger partial charge on any atom is 0.350 e. The Morgan fingerprint density at radius 2 is 1.91 bits per heavy atom. The van der Waals surface area contributed by atoms with Gasteiger partial charge in [0, 0.05) is 11.6 Å². The molecule has 1 N–H and O–H groups in total. The van der Waals surface area contributed by atoms with Crippen LogP contribution in [0.5, 0.6) is 0 Å². The number of thiophene rings is 1. The normalized spacial score (nSPS) is 11.1. The third-order valence-corrected chi connectivity index (χ3v) is 5.44. The van der Waals surface area contributed by atoms with Crippen LogP contribution in [0.25, 0.3) is 0 Å². The zero-order valence-corrected chi connectivity index (χ0v) is 14.5. The predicted octanol–water partition coefficient (Wildman–Crippen LogP) is 2.84. The number of amides is 1. The predicted molar refractivity (Wildman–Crippen MR) is 88.2 cm³/mol. The molecule has 0 atom stereocenters. The Kier molecular flexibility index (Phi) is 5.08. The van der Waals surface area contributed by atoms with Crippen LogP contribution in [0.1, 0.15) is 20.0 Å². The molecular formula is C14H12ClNO5S2. The largest absolute Gasteiger partial charge is 0.465 e. The Labute approximate surface area is 142 Å². The maximum atomic E-state index is 12.3. The van der Waals surface area contributed by atoms with Crippen LogP contribution in [0.4, 0.5) is 5.69 Å². The highest BCUT2D eigenvalue weighted by Gasteiger charge is 2.26. The number of hydrogen-bond acceptors (Lipinski definition) is 6. The van der Waals surface area contributed by atoms with Gasteiger partial charge in [-0.15, -0.1) is 11.3 Å². The molecule has 1 aromatic heterocycles. The van der Waals surface area contributed by atoms with E-state index in [1.54, 1.807) is 12.1 Å². The lowest BCUT2D eigenvalue weighted by Crippen LogP contribution is -2.16. The number of sulfone groups is 1. The minimum atomic E-state index is -3.64. The summed E-state index contributed by atoms with van der Waals surface area (Å²) >= 11 is 6.83. The van der Waals surface area contributed by atoms with Gasteiger partial charge in [0.2, 0.25) is 0 Å². The van der Waals surface area contributed by atoms with Gasteiger partial charge in [-0.1, -0.05) is 23.7 Å². The Balaban J connectivity index is 2.50. The number of esters is 1. The van der Waals surface area contributed by atoms with E-state index in [9.17, 15) is 18.0 Å². The molecule has 0 aliphatic heterocycles. The summed E-state index contributed by atoms with van der Waals surface area (Å²) in [5.41, 5.74) is 0.0601. The van der Waals surface area contributed by atoms with Gasteiger partial charge < -0.3 is 10.1 Å². The number of carbonyl (C=O) groups excluding carboxylic acids is 2. The molecule has 0 fully saturated rings. The SMILES string of the molecule is COC(=O)c1scc(S(C)(=O)=O)c1NC(=O)c1ccccc1Cl. The van der Waals surface area contributed by atoms with Gasteiger partial charge >= 0.3 is 5.97 Å². The van der Waals surface area contributed by atoms with E-state index in [4.69, 9.17) is 11.6 Å². The van der Waals surface area contributed by atoms with Crippen molar-refractivity contribution in [1.82, 2.24) is 0 Å². The quantitative estimate of drug-likeness (QED) is 0.832. The van der Waals surface area contributed by atoms with Crippen molar-refractivity contribution < 1.29 is 22.7 Å². The van der Waals surface area contributed by atoms with Gasteiger partial charge in [0.25, 0.3) is 5.91 Å². The minimum absolute atomic E-state index is 0.00618. The van der Waals surface area contributed by atoms with Crippen LogP contribution >= 0.6 is 22.9 Å². The lowest BCUT2D eigenvalue weighted by molar-refractivity contribution is 0.0607. The van der Waals surface area contributed by atoms with E-state index in [0.717, 1.165) is 17.6 Å². The molecule has 1 amide bonds. The second-order valence-electron chi connectivity index (χ2n) is 4.50. The minimum Gasteiger partial charge on any atom is -0.465 e. The first-order chi connectivity index (χ1) is 10.8. The smallest absolute Gasteiger partial charge is 0.350 e. The first kappa shape index (κ1) is 17.5. The van der Waals surface area contributed by atoms with Crippen molar-refractivity contribution in [2.75, 3.05) is 18.7 Å². The first-order valence-electron chi connectivity index (χ1n) is 6.21. The third kappa shape index (κ3) is 3.72. The van der Waals surface area contributed by atoms with Crippen molar-refractivity contribution in [3.8, 4) is 0 Å². The van der Waals surface area contributed by atoms with E-state index >= 15 is 0 Å². The molecule has 23 heavy (non-hydrogen) atoms. The van der Waals surface area contributed by atoms with Gasteiger partial charge in [-0.05, 0) is 12.1 Å². The molecule has 9 heteroatoms. The lowest BCUT2D eigenvalue weighted by Gasteiger charge is -2.09. The Bertz CT molecular complexity index is 873. The standard InChI is InChI=1S/C14H12ClNO5S2/c1-21-14(18)12-11(10(7-22-12)23(2,19)20)16-13(17)8-5-3-4-6-9(8)15/h3-7H,1-2H3,(H,16,17). The maximum absolute atomic E-state index is 12.3. The van der Waals surface area contributed by atoms with Crippen molar-refractivity contribution in [1.29, 1.82) is 0 Å². The summed E-state index contributed by atoms with van der Waals surface area (Å²) in [6.45, 7) is 0. The molecule has 0 radical (unpaired) electrons. The van der Waals surface area contributed by atoms with Crippen LogP contribution in [-0.4, -0.2) is 33.7 Å². The molecule has 0 bridgehead atoms. The number of nitrogens with one attached hydrogen (secondary N) is 1. The molecule has 1 heterocycles. The topological polar surface area (TPSA) is 89.5 Å². The molecule has 6 nitrogen and oxygen atoms in total. The van der Waals surface area contributed by atoms with Crippen LogP contribution in [0.15, 0.2) is 34.5 Å². The molecule has 0 saturated carbocycles. The summed E-state index contributed by atoms with van der Waals surface area (Å²) in [5.74, 6) is -1.36. The van der Waals surface area contributed by atoms with Crippen LogP contribution < -0.4 is 5.32 Å². The van der Waals surface area contributed by atoms with Crippen molar-refractivity contribution in [2.24, 2.45) is 0 Å². The molecule has 0 unspecified atom stereocenters. The van der Waals surface area contributed by atoms with Crippen LogP contribution in [0.3, 0.4) is 0 Å². The van der Waals surface area contributed by atoms with Gasteiger partial charge in [0.1, 0.15) is 9.77 Å². The number of methoxy groups -OCH3 is 1. The summed E-state index contributed by atoms with van der Waals surface area (Å²) in [6, 6.07) is 6.30. The summed E-state index contributed by atoms with van der Waals surface area (Å²) < 4.78 is 28.3. The van der Waals surface area contributed by atoms with Gasteiger partial charge in [-0.25, -0.2) is 13.2 Å². The Morgan fingerprint density at radius 1 is 1.26 bits per heavy atom. The van der Waals surface area contributed by atoms with Gasteiger partial charge in [-0.3, -0.25) is 4.79 Å². The summed E-state index contributed by atoms with van der Waals surface area (Å²) in [4.78, 5) is 24.0. The first-order valence-corrected chi connectivity index (χ1v) is 9.36. The molecule has 122 valence electrons. The van der Waals surface area contributed by atoms with E-state index in [1.165, 1.54) is 24.6 Å².